The first-order chi connectivity index (χ1) is 16.0. The van der Waals surface area contributed by atoms with E-state index in [9.17, 15) is 0 Å². The van der Waals surface area contributed by atoms with E-state index in [1.165, 1.54) is 0 Å². The van der Waals surface area contributed by atoms with Crippen molar-refractivity contribution in [3.05, 3.63) is 47.5 Å². The Labute approximate surface area is 199 Å². The third-order valence-corrected chi connectivity index (χ3v) is 6.49. The maximum Gasteiger partial charge on any atom is 0.227 e. The van der Waals surface area contributed by atoms with Crippen LogP contribution in [0.1, 0.15) is 17.5 Å². The van der Waals surface area contributed by atoms with Gasteiger partial charge >= 0.3 is 0 Å². The molecular weight excluding hydrogens is 438 g/mol. The molecule has 2 aromatic carbocycles. The first-order valence-corrected chi connectivity index (χ1v) is 11.8. The van der Waals surface area contributed by atoms with Gasteiger partial charge in [0.15, 0.2) is 17.3 Å². The van der Waals surface area contributed by atoms with E-state index < -0.39 is 0 Å². The van der Waals surface area contributed by atoms with E-state index in [0.29, 0.717) is 29.0 Å². The molecule has 0 saturated heterocycles. The number of benzene rings is 2. The summed E-state index contributed by atoms with van der Waals surface area (Å²) in [7, 11) is 8.96. The molecule has 4 rings (SSSR count). The molecule has 0 fully saturated rings. The maximum absolute atomic E-state index is 6.22. The number of para-hydroxylation sites is 1. The Hall–Kier alpha value is -2.97. The zero-order valence-corrected chi connectivity index (χ0v) is 20.5. The van der Waals surface area contributed by atoms with Crippen LogP contribution in [0.25, 0.3) is 11.4 Å². The van der Waals surface area contributed by atoms with E-state index in [1.54, 1.807) is 33.1 Å². The molecule has 0 atom stereocenters. The van der Waals surface area contributed by atoms with Crippen LogP contribution in [0.15, 0.2) is 41.4 Å². The second kappa shape index (κ2) is 10.3. The second-order valence-corrected chi connectivity index (χ2v) is 9.03. The SMILES string of the molecule is COc1cc(-c2nc3c(c(SCCCN(C)C)n2)Cc2ccccc2O3)cc(OC)c1OC. The smallest absolute Gasteiger partial charge is 0.227 e. The molecule has 0 N–H and O–H groups in total. The van der Waals surface area contributed by atoms with E-state index in [-0.39, 0.29) is 0 Å². The zero-order chi connectivity index (χ0) is 23.4. The Morgan fingerprint density at radius 2 is 1.73 bits per heavy atom. The Bertz CT molecular complexity index is 1110. The summed E-state index contributed by atoms with van der Waals surface area (Å²) >= 11 is 1.74. The molecule has 0 spiro atoms. The number of thioether (sulfide) groups is 1. The fraction of sp³-hybridized carbons (Fsp3) is 0.360. The van der Waals surface area contributed by atoms with E-state index in [4.69, 9.17) is 28.9 Å². The highest BCUT2D eigenvalue weighted by Gasteiger charge is 2.25. The number of fused-ring (bicyclic) bond motifs is 2. The first-order valence-electron chi connectivity index (χ1n) is 10.8. The van der Waals surface area contributed by atoms with Gasteiger partial charge in [0.1, 0.15) is 10.8 Å². The summed E-state index contributed by atoms with van der Waals surface area (Å²) in [5.74, 6) is 4.59. The average Bonchev–Trinajstić information content (AvgIpc) is 2.84. The molecule has 0 unspecified atom stereocenters. The lowest BCUT2D eigenvalue weighted by Gasteiger charge is -2.22. The van der Waals surface area contributed by atoms with Gasteiger partial charge in [-0.3, -0.25) is 0 Å². The molecule has 8 heteroatoms. The molecule has 3 aromatic rings. The largest absolute Gasteiger partial charge is 0.493 e. The first kappa shape index (κ1) is 23.2. The van der Waals surface area contributed by atoms with Crippen LogP contribution in [-0.4, -0.2) is 62.6 Å². The van der Waals surface area contributed by atoms with Gasteiger partial charge in [0, 0.05) is 17.7 Å². The predicted octanol–water partition coefficient (Wildman–Crippen LogP) is 4.91. The van der Waals surface area contributed by atoms with E-state index in [2.05, 4.69) is 25.1 Å². The molecule has 33 heavy (non-hydrogen) atoms. The molecule has 1 aliphatic heterocycles. The lowest BCUT2D eigenvalue weighted by Crippen LogP contribution is -2.13. The van der Waals surface area contributed by atoms with Crippen molar-refractivity contribution in [1.29, 1.82) is 0 Å². The van der Waals surface area contributed by atoms with Crippen molar-refractivity contribution in [2.75, 3.05) is 47.7 Å². The Balaban J connectivity index is 1.76. The molecule has 1 aromatic heterocycles. The average molecular weight is 468 g/mol. The highest BCUT2D eigenvalue weighted by molar-refractivity contribution is 7.99. The number of ether oxygens (including phenoxy) is 4. The van der Waals surface area contributed by atoms with Crippen LogP contribution >= 0.6 is 11.8 Å². The van der Waals surface area contributed by atoms with E-state index >= 15 is 0 Å². The van der Waals surface area contributed by atoms with Crippen molar-refractivity contribution in [1.82, 2.24) is 14.9 Å². The molecule has 174 valence electrons. The topological polar surface area (TPSA) is 65.9 Å². The fourth-order valence-electron chi connectivity index (χ4n) is 3.73. The van der Waals surface area contributed by atoms with E-state index in [0.717, 1.165) is 52.6 Å². The van der Waals surface area contributed by atoms with Gasteiger partial charge in [0.25, 0.3) is 0 Å². The van der Waals surface area contributed by atoms with Crippen molar-refractivity contribution in [3.8, 4) is 40.3 Å². The van der Waals surface area contributed by atoms with Gasteiger partial charge in [-0.25, -0.2) is 4.98 Å². The van der Waals surface area contributed by atoms with Crippen LogP contribution in [0.3, 0.4) is 0 Å². The number of nitrogens with zero attached hydrogens (tertiary/aromatic N) is 3. The van der Waals surface area contributed by atoms with Gasteiger partial charge in [0.05, 0.1) is 26.9 Å². The van der Waals surface area contributed by atoms with Crippen LogP contribution in [0.4, 0.5) is 0 Å². The van der Waals surface area contributed by atoms with Crippen LogP contribution < -0.4 is 18.9 Å². The zero-order valence-electron chi connectivity index (χ0n) is 19.7. The lowest BCUT2D eigenvalue weighted by molar-refractivity contribution is 0.324. The summed E-state index contributed by atoms with van der Waals surface area (Å²) in [5.41, 5.74) is 2.94. The number of aromatic nitrogens is 2. The van der Waals surface area contributed by atoms with Gasteiger partial charge in [-0.15, -0.1) is 11.8 Å². The summed E-state index contributed by atoms with van der Waals surface area (Å²) in [6.45, 7) is 1.03. The van der Waals surface area contributed by atoms with Crippen molar-refractivity contribution in [2.45, 2.75) is 17.9 Å². The number of hydrogen-bond acceptors (Lipinski definition) is 8. The van der Waals surface area contributed by atoms with Crippen molar-refractivity contribution in [2.24, 2.45) is 0 Å². The van der Waals surface area contributed by atoms with E-state index in [1.807, 2.05) is 30.3 Å². The van der Waals surface area contributed by atoms with Gasteiger partial charge in [-0.2, -0.15) is 4.98 Å². The molecule has 0 radical (unpaired) electrons. The molecule has 0 saturated carbocycles. The minimum Gasteiger partial charge on any atom is -0.493 e. The molecular formula is C25H29N3O4S. The van der Waals surface area contributed by atoms with Crippen molar-refractivity contribution in [3.63, 3.8) is 0 Å². The second-order valence-electron chi connectivity index (χ2n) is 7.94. The van der Waals surface area contributed by atoms with Crippen molar-refractivity contribution >= 4 is 11.8 Å². The Morgan fingerprint density at radius 3 is 2.39 bits per heavy atom. The number of methoxy groups -OCH3 is 3. The molecule has 7 nitrogen and oxygen atoms in total. The third-order valence-electron chi connectivity index (χ3n) is 5.39. The predicted molar refractivity (Wildman–Crippen MR) is 130 cm³/mol. The molecule has 1 aliphatic rings. The summed E-state index contributed by atoms with van der Waals surface area (Å²) in [6.07, 6.45) is 1.81. The normalized spacial score (nSPS) is 12.1. The van der Waals surface area contributed by atoms with Gasteiger partial charge in [-0.05, 0) is 50.8 Å². The lowest BCUT2D eigenvalue weighted by atomic mass is 10.0. The molecule has 0 bridgehead atoms. The molecule has 0 amide bonds. The standard InChI is InChI=1S/C25H29N3O4S/c1-28(2)11-8-12-33-25-18-13-16-9-6-7-10-19(16)32-24(18)26-23(27-25)17-14-20(29-3)22(31-5)21(15-17)30-4/h6-7,9-10,14-15H,8,11-13H2,1-5H3. The monoisotopic (exact) mass is 467 g/mol. The summed E-state index contributed by atoms with van der Waals surface area (Å²) in [5, 5.41) is 0.942. The molecule has 2 heterocycles. The van der Waals surface area contributed by atoms with Gasteiger partial charge in [-0.1, -0.05) is 18.2 Å². The minimum absolute atomic E-state index is 0.533. The highest BCUT2D eigenvalue weighted by atomic mass is 32.2. The Morgan fingerprint density at radius 1 is 1.00 bits per heavy atom. The van der Waals surface area contributed by atoms with Crippen LogP contribution in [0, 0.1) is 0 Å². The third kappa shape index (κ3) is 5.02. The van der Waals surface area contributed by atoms with Crippen molar-refractivity contribution < 1.29 is 18.9 Å². The van der Waals surface area contributed by atoms with Crippen LogP contribution in [0.5, 0.6) is 28.9 Å². The number of hydrogen-bond donors (Lipinski definition) is 0. The van der Waals surface area contributed by atoms with Gasteiger partial charge in [0.2, 0.25) is 11.6 Å². The maximum atomic E-state index is 6.22. The minimum atomic E-state index is 0.533. The Kier molecular flexibility index (Phi) is 7.25. The highest BCUT2D eigenvalue weighted by Crippen LogP contribution is 2.43. The quantitative estimate of drug-likeness (QED) is 0.195. The van der Waals surface area contributed by atoms with Crippen LogP contribution in [-0.2, 0) is 6.42 Å². The summed E-state index contributed by atoms with van der Waals surface area (Å²) in [6, 6.07) is 11.8. The fourth-order valence-corrected chi connectivity index (χ4v) is 4.68. The van der Waals surface area contributed by atoms with Gasteiger partial charge < -0.3 is 23.8 Å². The van der Waals surface area contributed by atoms with Crippen LogP contribution in [0.2, 0.25) is 0 Å². The summed E-state index contributed by atoms with van der Waals surface area (Å²) in [4.78, 5) is 11.9. The number of rotatable bonds is 9. The molecule has 0 aliphatic carbocycles. The summed E-state index contributed by atoms with van der Waals surface area (Å²) < 4.78 is 22.7.